The van der Waals surface area contributed by atoms with E-state index in [1.807, 2.05) is 0 Å². The molecule has 1 saturated heterocycles. The quantitative estimate of drug-likeness (QED) is 0.256. The van der Waals surface area contributed by atoms with E-state index in [9.17, 15) is 39.9 Å². The minimum absolute atomic E-state index is 0.00250. The third-order valence-corrected chi connectivity index (χ3v) is 7.54. The second-order valence-electron chi connectivity index (χ2n) is 9.88. The van der Waals surface area contributed by atoms with Crippen molar-refractivity contribution in [3.8, 4) is 17.2 Å². The molecule has 1 aliphatic heterocycles. The Morgan fingerprint density at radius 2 is 1.82 bits per heavy atom. The molecule has 202 valence electrons. The van der Waals surface area contributed by atoms with Gasteiger partial charge in [-0.3, -0.25) is 9.59 Å². The van der Waals surface area contributed by atoms with E-state index in [1.54, 1.807) is 6.92 Å². The molecule has 0 aromatic heterocycles. The highest BCUT2D eigenvalue weighted by Crippen LogP contribution is 2.52. The Morgan fingerprint density at radius 1 is 1.13 bits per heavy atom. The van der Waals surface area contributed by atoms with Crippen LogP contribution in [0.5, 0.6) is 17.2 Å². The molecule has 3 aliphatic rings. The summed E-state index contributed by atoms with van der Waals surface area (Å²) < 4.78 is 16.9. The Morgan fingerprint density at radius 3 is 2.45 bits per heavy atom. The number of aliphatic hydroxyl groups is 2. The summed E-state index contributed by atoms with van der Waals surface area (Å²) in [6, 6.07) is 3.60. The number of carbonyl (C=O) groups excluding carboxylic acids is 2. The van der Waals surface area contributed by atoms with Crippen LogP contribution in [-0.4, -0.2) is 80.3 Å². The zero-order valence-electron chi connectivity index (χ0n) is 20.5. The number of aliphatic carboxylic acids is 1. The van der Waals surface area contributed by atoms with E-state index in [0.29, 0.717) is 0 Å². The van der Waals surface area contributed by atoms with Gasteiger partial charge in [0.1, 0.15) is 17.2 Å². The van der Waals surface area contributed by atoms with Crippen LogP contribution in [-0.2, 0) is 20.7 Å². The van der Waals surface area contributed by atoms with Crippen LogP contribution in [0.15, 0.2) is 18.2 Å². The van der Waals surface area contributed by atoms with Crippen LogP contribution < -0.4 is 10.5 Å². The van der Waals surface area contributed by atoms with Crippen molar-refractivity contribution in [2.75, 3.05) is 7.11 Å². The zero-order valence-corrected chi connectivity index (χ0v) is 20.5. The van der Waals surface area contributed by atoms with E-state index in [4.69, 9.17) is 19.9 Å². The molecule has 2 aliphatic carbocycles. The van der Waals surface area contributed by atoms with Crippen LogP contribution in [0.3, 0.4) is 0 Å². The number of phenolic OH excluding ortho intramolecular Hbond substituents is 2. The molecular weight excluding hydrogens is 502 g/mol. The molecule has 12 heteroatoms. The molecule has 38 heavy (non-hydrogen) atoms. The van der Waals surface area contributed by atoms with Crippen molar-refractivity contribution in [1.29, 1.82) is 0 Å². The number of nitrogens with two attached hydrogens (primary N) is 1. The van der Waals surface area contributed by atoms with Gasteiger partial charge in [0.05, 0.1) is 42.1 Å². The molecule has 1 heterocycles. The van der Waals surface area contributed by atoms with Crippen molar-refractivity contribution < 1.29 is 54.1 Å². The van der Waals surface area contributed by atoms with Crippen LogP contribution in [0.4, 0.5) is 0 Å². The molecule has 5 rings (SSSR count). The van der Waals surface area contributed by atoms with Gasteiger partial charge in [0.25, 0.3) is 0 Å². The number of carboxylic acids is 1. The fourth-order valence-electron chi connectivity index (χ4n) is 5.55. The van der Waals surface area contributed by atoms with E-state index >= 15 is 0 Å². The summed E-state index contributed by atoms with van der Waals surface area (Å²) in [5.41, 5.74) is 1.98. The van der Waals surface area contributed by atoms with Crippen LogP contribution in [0.1, 0.15) is 68.8 Å². The van der Waals surface area contributed by atoms with Gasteiger partial charge < -0.3 is 45.5 Å². The third-order valence-electron chi connectivity index (χ3n) is 7.54. The van der Waals surface area contributed by atoms with E-state index in [1.165, 1.54) is 25.3 Å². The number of methoxy groups -OCH3 is 1. The Kier molecular flexibility index (Phi) is 6.20. The highest BCUT2D eigenvalue weighted by molar-refractivity contribution is 6.31. The number of rotatable bonds is 4. The van der Waals surface area contributed by atoms with Gasteiger partial charge in [-0.25, -0.2) is 4.79 Å². The lowest BCUT2D eigenvalue weighted by Crippen LogP contribution is -2.52. The third kappa shape index (κ3) is 3.76. The van der Waals surface area contributed by atoms with Crippen molar-refractivity contribution in [2.24, 2.45) is 5.73 Å². The van der Waals surface area contributed by atoms with Crippen LogP contribution in [0.25, 0.3) is 0 Å². The average molecular weight is 529 g/mol. The number of ketones is 2. The van der Waals surface area contributed by atoms with Crippen molar-refractivity contribution in [3.05, 3.63) is 51.6 Å². The molecule has 0 spiro atoms. The van der Waals surface area contributed by atoms with Crippen LogP contribution in [0, 0.1) is 0 Å². The molecule has 12 nitrogen and oxygen atoms in total. The number of hydrogen-bond acceptors (Lipinski definition) is 11. The first-order valence-electron chi connectivity index (χ1n) is 12.0. The van der Waals surface area contributed by atoms with Crippen molar-refractivity contribution in [3.63, 3.8) is 0 Å². The summed E-state index contributed by atoms with van der Waals surface area (Å²) in [7, 11) is 1.32. The lowest BCUT2D eigenvalue weighted by Gasteiger charge is -2.41. The summed E-state index contributed by atoms with van der Waals surface area (Å²) in [6.07, 6.45) is -5.42. The zero-order chi connectivity index (χ0) is 27.7. The fraction of sp³-hybridized carbons (Fsp3) is 0.423. The lowest BCUT2D eigenvalue weighted by molar-refractivity contribution is -0.248. The Labute approximate surface area is 216 Å². The highest BCUT2D eigenvalue weighted by Gasteiger charge is 2.50. The first kappa shape index (κ1) is 26.1. The topological polar surface area (TPSA) is 206 Å². The monoisotopic (exact) mass is 529 g/mol. The molecule has 6 atom stereocenters. The lowest BCUT2D eigenvalue weighted by atomic mass is 9.73. The summed E-state index contributed by atoms with van der Waals surface area (Å²) in [6.45, 7) is 1.57. The van der Waals surface area contributed by atoms with Gasteiger partial charge >= 0.3 is 5.97 Å². The number of benzene rings is 2. The van der Waals surface area contributed by atoms with E-state index in [-0.39, 0.29) is 34.4 Å². The fourth-order valence-corrected chi connectivity index (χ4v) is 5.55. The first-order valence-corrected chi connectivity index (χ1v) is 12.0. The molecule has 0 amide bonds. The molecule has 0 unspecified atom stereocenters. The maximum absolute atomic E-state index is 13.6. The van der Waals surface area contributed by atoms with Crippen LogP contribution >= 0.6 is 0 Å². The molecule has 1 fully saturated rings. The number of aromatic hydroxyl groups is 2. The van der Waals surface area contributed by atoms with Crippen molar-refractivity contribution in [2.45, 2.75) is 62.4 Å². The summed E-state index contributed by atoms with van der Waals surface area (Å²) in [4.78, 5) is 39.1. The molecule has 0 bridgehead atoms. The second kappa shape index (κ2) is 9.03. The number of hydrogen-bond donors (Lipinski definition) is 6. The second-order valence-corrected chi connectivity index (χ2v) is 9.88. The minimum atomic E-state index is -2.44. The molecule has 0 saturated carbocycles. The number of ether oxygens (including phenoxy) is 3. The van der Waals surface area contributed by atoms with Crippen molar-refractivity contribution in [1.82, 2.24) is 0 Å². The normalized spacial score (nSPS) is 30.3. The molecule has 7 N–H and O–H groups in total. The van der Waals surface area contributed by atoms with Crippen molar-refractivity contribution >= 4 is 17.5 Å². The smallest absolute Gasteiger partial charge is 0.336 e. The Bertz CT molecular complexity index is 1360. The predicted octanol–water partition coefficient (Wildman–Crippen LogP) is 0.524. The Balaban J connectivity index is 1.68. The molecular formula is C26H27NO11. The average Bonchev–Trinajstić information content (AvgIpc) is 2.87. The summed E-state index contributed by atoms with van der Waals surface area (Å²) >= 11 is 0. The number of aliphatic hydroxyl groups excluding tert-OH is 1. The number of fused-ring (bicyclic) bond motifs is 3. The van der Waals surface area contributed by atoms with E-state index < -0.39 is 89.2 Å². The van der Waals surface area contributed by atoms with Gasteiger partial charge in [0, 0.05) is 42.0 Å². The standard InChI is InChI=1S/C26H27NO11/c1-9-20(28)12(27)6-15(37-9)38-14-8-26(35,25(33)34)7-11-17(14)24(32)19-18(22(11)30)21(29)10-4-3-5-13(36-2)16(10)23(19)31/h3-5,9,12,14-15,20,28,30,32,35H,6-8,27H2,1-2H3,(H,33,34)/t9-,12+,14+,15-,20-,26-/m1/s1. The molecule has 2 aromatic rings. The van der Waals surface area contributed by atoms with E-state index in [0.717, 1.165) is 0 Å². The SMILES string of the molecule is COc1cccc2c1C(=O)c1c(O)c3c(c(O)c1C2=O)C[C@](O)(C(=O)O)C[C@@H]3O[C@@H]1C[C@H](N)[C@H](O)[C@@H](C)O1. The Hall–Kier alpha value is -3.55. The largest absolute Gasteiger partial charge is 0.507 e. The van der Waals surface area contributed by atoms with Gasteiger partial charge in [-0.2, -0.15) is 0 Å². The predicted molar refractivity (Wildman–Crippen MR) is 127 cm³/mol. The van der Waals surface area contributed by atoms with Crippen LogP contribution in [0.2, 0.25) is 0 Å². The van der Waals surface area contributed by atoms with Gasteiger partial charge in [0.2, 0.25) is 5.78 Å². The van der Waals surface area contributed by atoms with Gasteiger partial charge in [-0.15, -0.1) is 0 Å². The maximum Gasteiger partial charge on any atom is 0.336 e. The number of phenols is 2. The number of carbonyl (C=O) groups is 3. The summed E-state index contributed by atoms with van der Waals surface area (Å²) in [5.74, 6) is -4.52. The van der Waals surface area contributed by atoms with E-state index in [2.05, 4.69) is 0 Å². The van der Waals surface area contributed by atoms with Gasteiger partial charge in [-0.1, -0.05) is 12.1 Å². The summed E-state index contributed by atoms with van der Waals surface area (Å²) in [5, 5.41) is 53.5. The van der Waals surface area contributed by atoms with Gasteiger partial charge in [-0.05, 0) is 13.0 Å². The molecule has 2 aromatic carbocycles. The first-order chi connectivity index (χ1) is 17.9. The molecule has 0 radical (unpaired) electrons. The minimum Gasteiger partial charge on any atom is -0.507 e. The number of carboxylic acid groups (broad SMARTS) is 1. The maximum atomic E-state index is 13.6. The van der Waals surface area contributed by atoms with Gasteiger partial charge in [0.15, 0.2) is 17.7 Å². The highest BCUT2D eigenvalue weighted by atomic mass is 16.7.